The zero-order valence-electron chi connectivity index (χ0n) is 8.72. The highest BCUT2D eigenvalue weighted by molar-refractivity contribution is 9.10. The molecule has 2 aromatic rings. The zero-order chi connectivity index (χ0) is 12.3. The first kappa shape index (κ1) is 11.4. The van der Waals surface area contributed by atoms with Crippen LogP contribution in [0.4, 0.5) is 5.69 Å². The van der Waals surface area contributed by atoms with E-state index in [1.165, 1.54) is 0 Å². The van der Waals surface area contributed by atoms with E-state index in [1.807, 2.05) is 12.1 Å². The number of hydrogen-bond acceptors (Lipinski definition) is 4. The standard InChI is InChI=1S/C12H8BrN3O/c13-9-2-1-5-16-12(9)17-11-4-3-8(7-14)6-10(11)15/h1-6H,15H2. The van der Waals surface area contributed by atoms with Gasteiger partial charge in [-0.25, -0.2) is 4.98 Å². The highest BCUT2D eigenvalue weighted by Gasteiger charge is 2.06. The number of hydrogen-bond donors (Lipinski definition) is 1. The van der Waals surface area contributed by atoms with Crippen molar-refractivity contribution in [3.8, 4) is 17.7 Å². The summed E-state index contributed by atoms with van der Waals surface area (Å²) in [7, 11) is 0. The minimum absolute atomic E-state index is 0.404. The van der Waals surface area contributed by atoms with Crippen LogP contribution in [-0.4, -0.2) is 4.98 Å². The molecule has 1 aromatic carbocycles. The summed E-state index contributed by atoms with van der Waals surface area (Å²) in [5.74, 6) is 0.910. The van der Waals surface area contributed by atoms with Gasteiger partial charge < -0.3 is 10.5 Å². The third-order valence-corrected chi connectivity index (χ3v) is 2.67. The summed E-state index contributed by atoms with van der Waals surface area (Å²) < 4.78 is 6.29. The molecule has 1 aromatic heterocycles. The quantitative estimate of drug-likeness (QED) is 0.863. The Morgan fingerprint density at radius 3 is 2.82 bits per heavy atom. The second kappa shape index (κ2) is 4.85. The Labute approximate surface area is 107 Å². The predicted molar refractivity (Wildman–Crippen MR) is 67.6 cm³/mol. The Kier molecular flexibility index (Phi) is 3.26. The van der Waals surface area contributed by atoms with Crippen LogP contribution in [-0.2, 0) is 0 Å². The summed E-state index contributed by atoms with van der Waals surface area (Å²) in [6, 6.07) is 10.5. The molecule has 1 heterocycles. The lowest BCUT2D eigenvalue weighted by molar-refractivity contribution is 0.462. The Hall–Kier alpha value is -2.06. The van der Waals surface area contributed by atoms with E-state index in [4.69, 9.17) is 15.7 Å². The van der Waals surface area contributed by atoms with Gasteiger partial charge in [0.15, 0.2) is 5.75 Å². The Bertz CT molecular complexity index is 593. The monoisotopic (exact) mass is 289 g/mol. The topological polar surface area (TPSA) is 71.9 Å². The average molecular weight is 290 g/mol. The maximum absolute atomic E-state index is 8.72. The van der Waals surface area contributed by atoms with Crippen molar-refractivity contribution in [2.75, 3.05) is 5.73 Å². The molecule has 0 amide bonds. The minimum Gasteiger partial charge on any atom is -0.436 e. The predicted octanol–water partition coefficient (Wildman–Crippen LogP) is 3.09. The van der Waals surface area contributed by atoms with E-state index in [0.717, 1.165) is 4.47 Å². The summed E-state index contributed by atoms with van der Waals surface area (Å²) in [6.07, 6.45) is 1.62. The van der Waals surface area contributed by atoms with E-state index in [-0.39, 0.29) is 0 Å². The van der Waals surface area contributed by atoms with Gasteiger partial charge in [-0.1, -0.05) is 0 Å². The van der Waals surface area contributed by atoms with E-state index < -0.39 is 0 Å². The Morgan fingerprint density at radius 2 is 2.18 bits per heavy atom. The number of anilines is 1. The number of rotatable bonds is 2. The van der Waals surface area contributed by atoms with E-state index in [0.29, 0.717) is 22.9 Å². The number of nitrogen functional groups attached to an aromatic ring is 1. The number of nitrogens with zero attached hydrogens (tertiary/aromatic N) is 2. The molecule has 2 N–H and O–H groups in total. The van der Waals surface area contributed by atoms with Gasteiger partial charge in [-0.2, -0.15) is 5.26 Å². The van der Waals surface area contributed by atoms with Crippen molar-refractivity contribution < 1.29 is 4.74 Å². The molecule has 0 saturated carbocycles. The van der Waals surface area contributed by atoms with Crippen LogP contribution in [0.3, 0.4) is 0 Å². The largest absolute Gasteiger partial charge is 0.436 e. The molecular formula is C12H8BrN3O. The Balaban J connectivity index is 2.32. The lowest BCUT2D eigenvalue weighted by Crippen LogP contribution is -1.94. The number of benzene rings is 1. The first-order valence-corrected chi connectivity index (χ1v) is 5.58. The second-order valence-electron chi connectivity index (χ2n) is 3.26. The van der Waals surface area contributed by atoms with Gasteiger partial charge in [0.2, 0.25) is 5.88 Å². The van der Waals surface area contributed by atoms with Crippen molar-refractivity contribution in [2.24, 2.45) is 0 Å². The van der Waals surface area contributed by atoms with Crippen molar-refractivity contribution >= 4 is 21.6 Å². The highest BCUT2D eigenvalue weighted by Crippen LogP contribution is 2.30. The van der Waals surface area contributed by atoms with Gasteiger partial charge in [0.25, 0.3) is 0 Å². The molecule has 0 bridgehead atoms. The van der Waals surface area contributed by atoms with Crippen LogP contribution in [0.1, 0.15) is 5.56 Å². The molecule has 84 valence electrons. The minimum atomic E-state index is 0.404. The highest BCUT2D eigenvalue weighted by atomic mass is 79.9. The third-order valence-electron chi connectivity index (χ3n) is 2.07. The SMILES string of the molecule is N#Cc1ccc(Oc2ncccc2Br)c(N)c1. The first-order chi connectivity index (χ1) is 8.20. The average Bonchev–Trinajstić information content (AvgIpc) is 2.34. The Morgan fingerprint density at radius 1 is 1.35 bits per heavy atom. The fourth-order valence-corrected chi connectivity index (χ4v) is 1.60. The van der Waals surface area contributed by atoms with Crippen LogP contribution in [0.15, 0.2) is 41.0 Å². The smallest absolute Gasteiger partial charge is 0.233 e. The maximum Gasteiger partial charge on any atom is 0.233 e. The number of nitrogens with two attached hydrogens (primary N) is 1. The van der Waals surface area contributed by atoms with Crippen molar-refractivity contribution in [1.82, 2.24) is 4.98 Å². The molecule has 0 unspecified atom stereocenters. The molecule has 0 radical (unpaired) electrons. The number of aromatic nitrogens is 1. The number of ether oxygens (including phenoxy) is 1. The van der Waals surface area contributed by atoms with Crippen LogP contribution >= 0.6 is 15.9 Å². The third kappa shape index (κ3) is 2.55. The molecule has 5 heteroatoms. The second-order valence-corrected chi connectivity index (χ2v) is 4.11. The van der Waals surface area contributed by atoms with Crippen LogP contribution in [0.2, 0.25) is 0 Å². The fraction of sp³-hybridized carbons (Fsp3) is 0. The summed E-state index contributed by atoms with van der Waals surface area (Å²) in [4.78, 5) is 4.07. The summed E-state index contributed by atoms with van der Waals surface area (Å²) >= 11 is 3.33. The molecule has 0 atom stereocenters. The zero-order valence-corrected chi connectivity index (χ0v) is 10.3. The van der Waals surface area contributed by atoms with E-state index in [2.05, 4.69) is 20.9 Å². The summed E-state index contributed by atoms with van der Waals surface area (Å²) in [6.45, 7) is 0. The van der Waals surface area contributed by atoms with Gasteiger partial charge in [-0.15, -0.1) is 0 Å². The molecule has 0 spiro atoms. The number of pyridine rings is 1. The van der Waals surface area contributed by atoms with Crippen molar-refractivity contribution in [3.05, 3.63) is 46.6 Å². The van der Waals surface area contributed by atoms with Gasteiger partial charge in [0, 0.05) is 6.20 Å². The van der Waals surface area contributed by atoms with Gasteiger partial charge >= 0.3 is 0 Å². The van der Waals surface area contributed by atoms with Crippen molar-refractivity contribution in [1.29, 1.82) is 5.26 Å². The van der Waals surface area contributed by atoms with Gasteiger partial charge in [0.05, 0.1) is 21.8 Å². The summed E-state index contributed by atoms with van der Waals surface area (Å²) in [5.41, 5.74) is 6.68. The molecule has 2 rings (SSSR count). The maximum atomic E-state index is 8.72. The van der Waals surface area contributed by atoms with E-state index in [9.17, 15) is 0 Å². The van der Waals surface area contributed by atoms with E-state index in [1.54, 1.807) is 30.5 Å². The van der Waals surface area contributed by atoms with Crippen molar-refractivity contribution in [2.45, 2.75) is 0 Å². The lowest BCUT2D eigenvalue weighted by atomic mass is 10.2. The number of nitriles is 1. The lowest BCUT2D eigenvalue weighted by Gasteiger charge is -2.08. The van der Waals surface area contributed by atoms with Gasteiger partial charge in [-0.3, -0.25) is 0 Å². The molecule has 17 heavy (non-hydrogen) atoms. The van der Waals surface area contributed by atoms with Crippen LogP contribution in [0.5, 0.6) is 11.6 Å². The molecule has 0 aliphatic rings. The summed E-state index contributed by atoms with van der Waals surface area (Å²) in [5, 5.41) is 8.72. The van der Waals surface area contributed by atoms with Gasteiger partial charge in [-0.05, 0) is 46.3 Å². The molecular weight excluding hydrogens is 282 g/mol. The fourth-order valence-electron chi connectivity index (χ4n) is 1.26. The van der Waals surface area contributed by atoms with Crippen LogP contribution in [0, 0.1) is 11.3 Å². The van der Waals surface area contributed by atoms with E-state index >= 15 is 0 Å². The molecule has 0 fully saturated rings. The molecule has 4 nitrogen and oxygen atoms in total. The van der Waals surface area contributed by atoms with Crippen LogP contribution in [0.25, 0.3) is 0 Å². The molecule has 0 aliphatic heterocycles. The first-order valence-electron chi connectivity index (χ1n) is 4.78. The number of halogens is 1. The normalized spacial score (nSPS) is 9.65. The van der Waals surface area contributed by atoms with Crippen molar-refractivity contribution in [3.63, 3.8) is 0 Å². The molecule has 0 aliphatic carbocycles. The molecule has 0 saturated heterocycles. The van der Waals surface area contributed by atoms with Crippen LogP contribution < -0.4 is 10.5 Å². The van der Waals surface area contributed by atoms with Gasteiger partial charge in [0.1, 0.15) is 0 Å².